The minimum absolute atomic E-state index is 0.567. The molecule has 2 heterocycles. The van der Waals surface area contributed by atoms with Gasteiger partial charge in [0.15, 0.2) is 5.82 Å². The van der Waals surface area contributed by atoms with Crippen molar-refractivity contribution in [3.05, 3.63) is 29.5 Å². The van der Waals surface area contributed by atoms with Crippen LogP contribution >= 0.6 is 11.6 Å². The molecule has 3 rings (SSSR count). The van der Waals surface area contributed by atoms with E-state index < -0.39 is 0 Å². The van der Waals surface area contributed by atoms with E-state index in [0.29, 0.717) is 22.2 Å². The maximum absolute atomic E-state index is 6.37. The molecular weight excluding hydrogens is 314 g/mol. The molecule has 1 aromatic heterocycles. The molecule has 0 radical (unpaired) electrons. The zero-order chi connectivity index (χ0) is 16.4. The largest absolute Gasteiger partial charge is 0.496 e. The number of nitrogen functional groups attached to an aromatic ring is 1. The average molecular weight is 334 g/mol. The highest BCUT2D eigenvalue weighted by molar-refractivity contribution is 6.30. The maximum Gasteiger partial charge on any atom is 0.155 e. The Hall–Kier alpha value is -2.05. The molecule has 6 nitrogen and oxygen atoms in total. The Morgan fingerprint density at radius 2 is 1.91 bits per heavy atom. The van der Waals surface area contributed by atoms with Crippen molar-refractivity contribution in [2.45, 2.75) is 0 Å². The highest BCUT2D eigenvalue weighted by Crippen LogP contribution is 2.37. The van der Waals surface area contributed by atoms with Crippen LogP contribution in [0.4, 0.5) is 11.5 Å². The Kier molecular flexibility index (Phi) is 4.54. The number of piperazine rings is 1. The van der Waals surface area contributed by atoms with E-state index in [1.807, 2.05) is 6.07 Å². The number of hydrogen-bond donors (Lipinski definition) is 1. The number of methoxy groups -OCH3 is 1. The third kappa shape index (κ3) is 3.18. The van der Waals surface area contributed by atoms with Gasteiger partial charge in [0.2, 0.25) is 0 Å². The molecule has 1 aliphatic heterocycles. The number of nitrogens with zero attached hydrogens (tertiary/aromatic N) is 4. The van der Waals surface area contributed by atoms with E-state index in [0.717, 1.165) is 37.6 Å². The molecule has 23 heavy (non-hydrogen) atoms. The summed E-state index contributed by atoms with van der Waals surface area (Å²) in [6, 6.07) is 5.43. The first-order chi connectivity index (χ1) is 11.1. The second kappa shape index (κ2) is 6.60. The van der Waals surface area contributed by atoms with Gasteiger partial charge in [0, 0.05) is 36.8 Å². The van der Waals surface area contributed by atoms with Crippen LogP contribution in [-0.4, -0.2) is 55.2 Å². The lowest BCUT2D eigenvalue weighted by Crippen LogP contribution is -2.45. The van der Waals surface area contributed by atoms with Gasteiger partial charge < -0.3 is 20.3 Å². The van der Waals surface area contributed by atoms with Crippen LogP contribution in [0, 0.1) is 0 Å². The SMILES string of the molecule is COc1cc(Cl)ccc1-c1ncnc(N2CCN(C)CC2)c1N. The minimum atomic E-state index is 0.567. The van der Waals surface area contributed by atoms with E-state index in [-0.39, 0.29) is 0 Å². The molecule has 122 valence electrons. The van der Waals surface area contributed by atoms with Gasteiger partial charge >= 0.3 is 0 Å². The standard InChI is InChI=1S/C16H20ClN5O/c1-21-5-7-22(8-6-21)16-14(18)15(19-10-20-16)12-4-3-11(17)9-13(12)23-2/h3-4,9-10H,5-8,18H2,1-2H3. The van der Waals surface area contributed by atoms with E-state index in [2.05, 4.69) is 26.8 Å². The predicted molar refractivity (Wildman–Crippen MR) is 93.2 cm³/mol. The molecule has 0 amide bonds. The minimum Gasteiger partial charge on any atom is -0.496 e. The van der Waals surface area contributed by atoms with Gasteiger partial charge in [-0.05, 0) is 25.2 Å². The number of halogens is 1. The molecule has 0 unspecified atom stereocenters. The lowest BCUT2D eigenvalue weighted by molar-refractivity contribution is 0.312. The van der Waals surface area contributed by atoms with E-state index in [9.17, 15) is 0 Å². The highest BCUT2D eigenvalue weighted by atomic mass is 35.5. The van der Waals surface area contributed by atoms with Crippen LogP contribution in [0.3, 0.4) is 0 Å². The van der Waals surface area contributed by atoms with Crippen molar-refractivity contribution in [1.82, 2.24) is 14.9 Å². The first-order valence-corrected chi connectivity index (χ1v) is 7.86. The summed E-state index contributed by atoms with van der Waals surface area (Å²) < 4.78 is 5.41. The van der Waals surface area contributed by atoms with Crippen molar-refractivity contribution in [1.29, 1.82) is 0 Å². The fourth-order valence-electron chi connectivity index (χ4n) is 2.73. The van der Waals surface area contributed by atoms with Crippen LogP contribution in [0.15, 0.2) is 24.5 Å². The van der Waals surface area contributed by atoms with Gasteiger partial charge in [-0.25, -0.2) is 9.97 Å². The highest BCUT2D eigenvalue weighted by Gasteiger charge is 2.21. The molecule has 1 saturated heterocycles. The van der Waals surface area contributed by atoms with Crippen molar-refractivity contribution in [2.24, 2.45) is 0 Å². The summed E-state index contributed by atoms with van der Waals surface area (Å²) in [6.07, 6.45) is 1.55. The molecule has 0 spiro atoms. The summed E-state index contributed by atoms with van der Waals surface area (Å²) in [4.78, 5) is 13.2. The van der Waals surface area contributed by atoms with E-state index in [1.54, 1.807) is 25.6 Å². The topological polar surface area (TPSA) is 67.5 Å². The third-order valence-electron chi connectivity index (χ3n) is 4.08. The van der Waals surface area contributed by atoms with Gasteiger partial charge in [-0.2, -0.15) is 0 Å². The van der Waals surface area contributed by atoms with Crippen LogP contribution in [-0.2, 0) is 0 Å². The molecule has 2 aromatic rings. The normalized spacial score (nSPS) is 15.7. The first kappa shape index (κ1) is 15.8. The number of hydrogen-bond acceptors (Lipinski definition) is 6. The molecule has 1 fully saturated rings. The molecule has 1 aromatic carbocycles. The lowest BCUT2D eigenvalue weighted by Gasteiger charge is -2.33. The molecule has 0 atom stereocenters. The fraction of sp³-hybridized carbons (Fsp3) is 0.375. The van der Waals surface area contributed by atoms with Crippen molar-refractivity contribution >= 4 is 23.1 Å². The zero-order valence-corrected chi connectivity index (χ0v) is 14.0. The number of benzene rings is 1. The Morgan fingerprint density at radius 3 is 2.61 bits per heavy atom. The summed E-state index contributed by atoms with van der Waals surface area (Å²) in [6.45, 7) is 3.77. The van der Waals surface area contributed by atoms with Crippen molar-refractivity contribution < 1.29 is 4.74 Å². The summed E-state index contributed by atoms with van der Waals surface area (Å²) in [5.41, 5.74) is 8.42. The summed E-state index contributed by atoms with van der Waals surface area (Å²) >= 11 is 6.03. The van der Waals surface area contributed by atoms with Gasteiger partial charge in [0.1, 0.15) is 23.5 Å². The van der Waals surface area contributed by atoms with E-state index in [1.165, 1.54) is 0 Å². The molecular formula is C16H20ClN5O. The lowest BCUT2D eigenvalue weighted by atomic mass is 10.1. The predicted octanol–water partition coefficient (Wildman–Crippen LogP) is 2.14. The van der Waals surface area contributed by atoms with Crippen molar-refractivity contribution in [3.8, 4) is 17.0 Å². The number of ether oxygens (including phenoxy) is 1. The number of aromatic nitrogens is 2. The monoisotopic (exact) mass is 333 g/mol. The van der Waals surface area contributed by atoms with E-state index in [4.69, 9.17) is 22.1 Å². The molecule has 0 saturated carbocycles. The molecule has 0 aliphatic carbocycles. The van der Waals surface area contributed by atoms with Gasteiger partial charge in [-0.15, -0.1) is 0 Å². The Labute approximate surface area is 140 Å². The zero-order valence-electron chi connectivity index (χ0n) is 13.3. The molecule has 0 bridgehead atoms. The van der Waals surface area contributed by atoms with Gasteiger partial charge in [0.05, 0.1) is 7.11 Å². The first-order valence-electron chi connectivity index (χ1n) is 7.48. The Morgan fingerprint density at radius 1 is 1.17 bits per heavy atom. The molecule has 2 N–H and O–H groups in total. The van der Waals surface area contributed by atoms with Crippen LogP contribution in [0.1, 0.15) is 0 Å². The van der Waals surface area contributed by atoms with Gasteiger partial charge in [-0.1, -0.05) is 11.6 Å². The third-order valence-corrected chi connectivity index (χ3v) is 4.32. The quantitative estimate of drug-likeness (QED) is 0.928. The van der Waals surface area contributed by atoms with E-state index >= 15 is 0 Å². The summed E-state index contributed by atoms with van der Waals surface area (Å²) in [7, 11) is 3.72. The Bertz CT molecular complexity index is 701. The van der Waals surface area contributed by atoms with Gasteiger partial charge in [-0.3, -0.25) is 0 Å². The van der Waals surface area contributed by atoms with Crippen LogP contribution in [0.5, 0.6) is 5.75 Å². The Balaban J connectivity index is 2.00. The number of nitrogens with two attached hydrogens (primary N) is 1. The molecule has 7 heteroatoms. The van der Waals surface area contributed by atoms with Crippen molar-refractivity contribution in [2.75, 3.05) is 51.0 Å². The number of likely N-dealkylation sites (N-methyl/N-ethyl adjacent to an activating group) is 1. The molecule has 1 aliphatic rings. The number of rotatable bonds is 3. The second-order valence-electron chi connectivity index (χ2n) is 5.59. The van der Waals surface area contributed by atoms with Crippen LogP contribution in [0.25, 0.3) is 11.3 Å². The second-order valence-corrected chi connectivity index (χ2v) is 6.03. The fourth-order valence-corrected chi connectivity index (χ4v) is 2.89. The summed E-state index contributed by atoms with van der Waals surface area (Å²) in [5, 5.41) is 0.609. The van der Waals surface area contributed by atoms with Crippen LogP contribution in [0.2, 0.25) is 5.02 Å². The number of anilines is 2. The van der Waals surface area contributed by atoms with Gasteiger partial charge in [0.25, 0.3) is 0 Å². The van der Waals surface area contributed by atoms with Crippen LogP contribution < -0.4 is 15.4 Å². The smallest absolute Gasteiger partial charge is 0.155 e. The maximum atomic E-state index is 6.37. The van der Waals surface area contributed by atoms with Crippen molar-refractivity contribution in [3.63, 3.8) is 0 Å². The average Bonchev–Trinajstić information content (AvgIpc) is 2.56. The summed E-state index contributed by atoms with van der Waals surface area (Å²) in [5.74, 6) is 1.42.